The zero-order valence-electron chi connectivity index (χ0n) is 19.6. The molecule has 0 radical (unpaired) electrons. The molecular weight excluding hydrogens is 416 g/mol. The van der Waals surface area contributed by atoms with Crippen molar-refractivity contribution in [1.29, 1.82) is 0 Å². The summed E-state index contributed by atoms with van der Waals surface area (Å²) in [5.41, 5.74) is 1.94. The lowest BCUT2D eigenvalue weighted by Gasteiger charge is -2.42. The standard InChI is InChI=1S/C26H36N4O3/c31-24-18-29-17-19-16-22(13-14-23(19)27-26(29)28-24)33-15-7-12-25(32)30(20-8-3-1-4-9-20)21-10-5-2-6-11-21/h13-14,16,20-21H,1-12,15,17-18H2,(H,27,28,31). The van der Waals surface area contributed by atoms with Crippen molar-refractivity contribution in [2.75, 3.05) is 13.2 Å². The number of hydrogen-bond acceptors (Lipinski definition) is 5. The summed E-state index contributed by atoms with van der Waals surface area (Å²) in [5.74, 6) is 1.75. The normalized spacial score (nSPS) is 21.2. The van der Waals surface area contributed by atoms with E-state index in [1.54, 1.807) is 0 Å². The zero-order chi connectivity index (χ0) is 22.6. The topological polar surface area (TPSA) is 74.2 Å². The number of carbonyl (C=O) groups excluding carboxylic acids is 2. The van der Waals surface area contributed by atoms with E-state index >= 15 is 0 Å². The molecule has 1 N–H and O–H groups in total. The molecule has 2 saturated carbocycles. The zero-order valence-corrected chi connectivity index (χ0v) is 19.6. The Labute approximate surface area is 196 Å². The van der Waals surface area contributed by atoms with E-state index in [-0.39, 0.29) is 5.91 Å². The lowest BCUT2D eigenvalue weighted by Crippen LogP contribution is -2.48. The second-order valence-corrected chi connectivity index (χ2v) is 9.97. The maximum atomic E-state index is 13.3. The van der Waals surface area contributed by atoms with Gasteiger partial charge in [-0.25, -0.2) is 4.99 Å². The predicted molar refractivity (Wildman–Crippen MR) is 127 cm³/mol. The molecule has 0 atom stereocenters. The van der Waals surface area contributed by atoms with E-state index < -0.39 is 0 Å². The van der Waals surface area contributed by atoms with Crippen LogP contribution in [0.15, 0.2) is 23.2 Å². The molecule has 0 spiro atoms. The van der Waals surface area contributed by atoms with E-state index in [4.69, 9.17) is 4.74 Å². The quantitative estimate of drug-likeness (QED) is 0.627. The van der Waals surface area contributed by atoms with Gasteiger partial charge in [-0.2, -0.15) is 0 Å². The van der Waals surface area contributed by atoms with Crippen molar-refractivity contribution in [1.82, 2.24) is 15.1 Å². The van der Waals surface area contributed by atoms with Crippen molar-refractivity contribution in [3.05, 3.63) is 23.8 Å². The fourth-order valence-corrected chi connectivity index (χ4v) is 5.89. The molecule has 178 valence electrons. The number of nitrogens with zero attached hydrogens (tertiary/aromatic N) is 3. The summed E-state index contributed by atoms with van der Waals surface area (Å²) in [6.45, 7) is 1.54. The first kappa shape index (κ1) is 22.2. The summed E-state index contributed by atoms with van der Waals surface area (Å²) in [4.78, 5) is 33.7. The summed E-state index contributed by atoms with van der Waals surface area (Å²) >= 11 is 0. The van der Waals surface area contributed by atoms with Crippen LogP contribution in [-0.4, -0.2) is 52.8 Å². The molecule has 33 heavy (non-hydrogen) atoms. The molecular formula is C26H36N4O3. The number of carbonyl (C=O) groups is 2. The molecule has 0 aromatic heterocycles. The average Bonchev–Trinajstić information content (AvgIpc) is 3.20. The Morgan fingerprint density at radius 1 is 1.03 bits per heavy atom. The van der Waals surface area contributed by atoms with Gasteiger partial charge in [-0.1, -0.05) is 38.5 Å². The minimum Gasteiger partial charge on any atom is -0.494 e. The van der Waals surface area contributed by atoms with E-state index in [0.717, 1.165) is 23.4 Å². The maximum Gasteiger partial charge on any atom is 0.246 e. The van der Waals surface area contributed by atoms with Crippen molar-refractivity contribution in [3.8, 4) is 5.75 Å². The van der Waals surface area contributed by atoms with Crippen molar-refractivity contribution < 1.29 is 14.3 Å². The van der Waals surface area contributed by atoms with Crippen molar-refractivity contribution in [2.24, 2.45) is 4.99 Å². The number of guanidine groups is 1. The SMILES string of the molecule is O=C1CN2Cc3cc(OCCCC(=O)N(C4CCCCC4)C4CCCCC4)ccc3N=C2N1. The van der Waals surface area contributed by atoms with Gasteiger partial charge in [0.1, 0.15) is 12.3 Å². The number of hydrogen-bond donors (Lipinski definition) is 1. The van der Waals surface area contributed by atoms with Crippen LogP contribution in [0.1, 0.15) is 82.6 Å². The first-order valence-corrected chi connectivity index (χ1v) is 12.9. The van der Waals surface area contributed by atoms with Gasteiger partial charge in [-0.05, 0) is 50.3 Å². The molecule has 7 heteroatoms. The first-order chi connectivity index (χ1) is 16.2. The van der Waals surface area contributed by atoms with Gasteiger partial charge in [0.05, 0.1) is 12.3 Å². The summed E-state index contributed by atoms with van der Waals surface area (Å²) < 4.78 is 6.01. The van der Waals surface area contributed by atoms with Crippen LogP contribution < -0.4 is 10.1 Å². The monoisotopic (exact) mass is 452 g/mol. The molecule has 1 aromatic rings. The van der Waals surface area contributed by atoms with E-state index in [1.807, 2.05) is 23.1 Å². The molecule has 2 heterocycles. The highest BCUT2D eigenvalue weighted by Gasteiger charge is 2.32. The van der Waals surface area contributed by atoms with E-state index in [1.165, 1.54) is 64.2 Å². The molecule has 2 aliphatic carbocycles. The Morgan fingerprint density at radius 2 is 1.73 bits per heavy atom. The molecule has 2 amide bonds. The lowest BCUT2D eigenvalue weighted by molar-refractivity contribution is -0.138. The molecule has 1 saturated heterocycles. The van der Waals surface area contributed by atoms with Crippen LogP contribution >= 0.6 is 0 Å². The molecule has 0 unspecified atom stereocenters. The third-order valence-electron chi connectivity index (χ3n) is 7.55. The number of nitrogens with one attached hydrogen (secondary N) is 1. The summed E-state index contributed by atoms with van der Waals surface area (Å²) in [7, 11) is 0. The Balaban J connectivity index is 1.14. The number of amides is 2. The van der Waals surface area contributed by atoms with E-state index in [2.05, 4.69) is 15.2 Å². The largest absolute Gasteiger partial charge is 0.494 e. The third kappa shape index (κ3) is 5.17. The fourth-order valence-electron chi connectivity index (χ4n) is 5.89. The van der Waals surface area contributed by atoms with Gasteiger partial charge in [0, 0.05) is 30.6 Å². The lowest BCUT2D eigenvalue weighted by atomic mass is 9.88. The van der Waals surface area contributed by atoms with E-state index in [0.29, 0.717) is 50.1 Å². The van der Waals surface area contributed by atoms with Crippen LogP contribution in [0.4, 0.5) is 5.69 Å². The Bertz CT molecular complexity index is 885. The molecule has 3 fully saturated rings. The van der Waals surface area contributed by atoms with Gasteiger partial charge in [-0.3, -0.25) is 14.9 Å². The second-order valence-electron chi connectivity index (χ2n) is 9.97. The van der Waals surface area contributed by atoms with Gasteiger partial charge in [0.15, 0.2) is 0 Å². The predicted octanol–water partition coefficient (Wildman–Crippen LogP) is 4.27. The Kier molecular flexibility index (Phi) is 6.83. The highest BCUT2D eigenvalue weighted by atomic mass is 16.5. The highest BCUT2D eigenvalue weighted by molar-refractivity contribution is 6.05. The molecule has 4 aliphatic rings. The summed E-state index contributed by atoms with van der Waals surface area (Å²) in [6.07, 6.45) is 13.7. The van der Waals surface area contributed by atoms with Crippen LogP contribution in [0.3, 0.4) is 0 Å². The number of rotatable bonds is 7. The van der Waals surface area contributed by atoms with Crippen LogP contribution in [0, 0.1) is 0 Å². The molecule has 5 rings (SSSR count). The van der Waals surface area contributed by atoms with Crippen molar-refractivity contribution in [2.45, 2.75) is 95.7 Å². The first-order valence-electron chi connectivity index (χ1n) is 12.9. The minimum absolute atomic E-state index is 0.0156. The van der Waals surface area contributed by atoms with Crippen molar-refractivity contribution in [3.63, 3.8) is 0 Å². The third-order valence-corrected chi connectivity index (χ3v) is 7.55. The number of ether oxygens (including phenoxy) is 1. The van der Waals surface area contributed by atoms with Crippen LogP contribution in [0.5, 0.6) is 5.75 Å². The Hall–Kier alpha value is -2.57. The molecule has 7 nitrogen and oxygen atoms in total. The van der Waals surface area contributed by atoms with Gasteiger partial charge < -0.3 is 14.5 Å². The average molecular weight is 453 g/mol. The Morgan fingerprint density at radius 3 is 2.42 bits per heavy atom. The smallest absolute Gasteiger partial charge is 0.246 e. The van der Waals surface area contributed by atoms with Gasteiger partial charge in [0.25, 0.3) is 0 Å². The molecule has 2 aliphatic heterocycles. The molecule has 0 bridgehead atoms. The number of fused-ring (bicyclic) bond motifs is 2. The van der Waals surface area contributed by atoms with Crippen molar-refractivity contribution >= 4 is 23.5 Å². The number of benzene rings is 1. The van der Waals surface area contributed by atoms with Gasteiger partial charge in [0.2, 0.25) is 17.8 Å². The van der Waals surface area contributed by atoms with Crippen LogP contribution in [0.2, 0.25) is 0 Å². The van der Waals surface area contributed by atoms with Crippen LogP contribution in [0.25, 0.3) is 0 Å². The maximum absolute atomic E-state index is 13.3. The van der Waals surface area contributed by atoms with Crippen LogP contribution in [-0.2, 0) is 16.1 Å². The van der Waals surface area contributed by atoms with Gasteiger partial charge in [-0.15, -0.1) is 0 Å². The highest BCUT2D eigenvalue weighted by Crippen LogP contribution is 2.32. The van der Waals surface area contributed by atoms with Gasteiger partial charge >= 0.3 is 0 Å². The summed E-state index contributed by atoms with van der Waals surface area (Å²) in [5, 5.41) is 2.79. The minimum atomic E-state index is -0.0156. The number of aliphatic imine (C=N–C) groups is 1. The molecule has 1 aromatic carbocycles. The fraction of sp³-hybridized carbons (Fsp3) is 0.654. The second kappa shape index (κ2) is 10.1. The summed E-state index contributed by atoms with van der Waals surface area (Å²) in [6, 6.07) is 6.78. The van der Waals surface area contributed by atoms with E-state index in [9.17, 15) is 9.59 Å².